The summed E-state index contributed by atoms with van der Waals surface area (Å²) in [5.41, 5.74) is 1.14. The number of hydrogen-bond donors (Lipinski definition) is 0. The van der Waals surface area contributed by atoms with Gasteiger partial charge in [-0.3, -0.25) is 9.69 Å². The molecule has 0 bridgehead atoms. The van der Waals surface area contributed by atoms with Gasteiger partial charge >= 0.3 is 0 Å². The Morgan fingerprint density at radius 1 is 1.67 bits per heavy atom. The molecule has 1 fully saturated rings. The van der Waals surface area contributed by atoms with Crippen molar-refractivity contribution in [1.82, 2.24) is 9.88 Å². The number of aromatic nitrogens is 1. The minimum absolute atomic E-state index is 0.193. The predicted molar refractivity (Wildman–Crippen MR) is 60.9 cm³/mol. The van der Waals surface area contributed by atoms with Crippen molar-refractivity contribution in [2.45, 2.75) is 26.8 Å². The quantitative estimate of drug-likeness (QED) is 0.769. The van der Waals surface area contributed by atoms with Crippen molar-refractivity contribution in [1.29, 1.82) is 0 Å². The van der Waals surface area contributed by atoms with Crippen molar-refractivity contribution in [2.75, 3.05) is 13.1 Å². The summed E-state index contributed by atoms with van der Waals surface area (Å²) in [6.07, 6.45) is 0.699. The van der Waals surface area contributed by atoms with Crippen LogP contribution in [0.15, 0.2) is 5.38 Å². The summed E-state index contributed by atoms with van der Waals surface area (Å²) in [6, 6.07) is 0. The summed E-state index contributed by atoms with van der Waals surface area (Å²) in [5, 5.41) is 3.22. The van der Waals surface area contributed by atoms with E-state index in [1.54, 1.807) is 11.3 Å². The van der Waals surface area contributed by atoms with E-state index >= 15 is 0 Å². The molecule has 1 aromatic rings. The zero-order chi connectivity index (χ0) is 10.8. The van der Waals surface area contributed by atoms with Crippen molar-refractivity contribution in [3.8, 4) is 0 Å². The van der Waals surface area contributed by atoms with E-state index in [4.69, 9.17) is 0 Å². The number of piperidine rings is 1. The molecule has 1 aliphatic heterocycles. The molecule has 0 amide bonds. The first-order chi connectivity index (χ1) is 7.15. The molecule has 0 saturated carbocycles. The molecule has 1 aliphatic rings. The molecule has 0 aromatic carbocycles. The van der Waals surface area contributed by atoms with Gasteiger partial charge in [0, 0.05) is 37.4 Å². The highest BCUT2D eigenvalue weighted by atomic mass is 32.1. The second-order valence-corrected chi connectivity index (χ2v) is 5.27. The van der Waals surface area contributed by atoms with Crippen LogP contribution < -0.4 is 0 Å². The third-order valence-electron chi connectivity index (χ3n) is 2.81. The Morgan fingerprint density at radius 3 is 3.07 bits per heavy atom. The van der Waals surface area contributed by atoms with Gasteiger partial charge in [-0.15, -0.1) is 11.3 Å². The van der Waals surface area contributed by atoms with E-state index in [0.717, 1.165) is 30.3 Å². The number of Topliss-reactive ketones (excluding diaryl/α,β-unsaturated/α-hetero) is 1. The van der Waals surface area contributed by atoms with E-state index in [2.05, 4.69) is 15.3 Å². The Hall–Kier alpha value is -0.740. The Bertz CT molecular complexity index is 361. The molecule has 15 heavy (non-hydrogen) atoms. The number of likely N-dealkylation sites (tertiary alicyclic amines) is 1. The predicted octanol–water partition coefficient (Wildman–Crippen LogP) is 1.86. The van der Waals surface area contributed by atoms with Gasteiger partial charge < -0.3 is 0 Å². The van der Waals surface area contributed by atoms with Gasteiger partial charge in [-0.25, -0.2) is 4.98 Å². The summed E-state index contributed by atoms with van der Waals surface area (Å²) in [7, 11) is 0. The van der Waals surface area contributed by atoms with Crippen LogP contribution in [0.3, 0.4) is 0 Å². The van der Waals surface area contributed by atoms with Gasteiger partial charge in [-0.2, -0.15) is 0 Å². The second kappa shape index (κ2) is 4.41. The first kappa shape index (κ1) is 10.8. The molecular formula is C11H16N2OS. The summed E-state index contributed by atoms with van der Waals surface area (Å²) >= 11 is 1.69. The van der Waals surface area contributed by atoms with Gasteiger partial charge in [0.15, 0.2) is 0 Å². The molecule has 1 unspecified atom stereocenters. The van der Waals surface area contributed by atoms with Gasteiger partial charge in [0.2, 0.25) is 0 Å². The molecule has 0 spiro atoms. The number of ketones is 1. The third kappa shape index (κ3) is 2.63. The highest BCUT2D eigenvalue weighted by molar-refractivity contribution is 7.09. The average molecular weight is 224 g/mol. The number of carbonyl (C=O) groups is 1. The minimum Gasteiger partial charge on any atom is -0.299 e. The van der Waals surface area contributed by atoms with E-state index in [9.17, 15) is 4.79 Å². The molecule has 1 saturated heterocycles. The molecule has 1 atom stereocenters. The Balaban J connectivity index is 1.93. The van der Waals surface area contributed by atoms with Crippen LogP contribution in [0.1, 0.15) is 24.0 Å². The largest absolute Gasteiger partial charge is 0.299 e. The monoisotopic (exact) mass is 224 g/mol. The number of thiazole rings is 1. The molecule has 3 nitrogen and oxygen atoms in total. The average Bonchev–Trinajstić information content (AvgIpc) is 2.58. The van der Waals surface area contributed by atoms with Crippen LogP contribution in [0, 0.1) is 12.8 Å². The number of carbonyl (C=O) groups excluding carboxylic acids is 1. The van der Waals surface area contributed by atoms with Crippen LogP contribution in [-0.4, -0.2) is 28.8 Å². The van der Waals surface area contributed by atoms with Crippen molar-refractivity contribution in [3.05, 3.63) is 16.1 Å². The molecular weight excluding hydrogens is 208 g/mol. The van der Waals surface area contributed by atoms with Crippen molar-refractivity contribution in [2.24, 2.45) is 5.92 Å². The minimum atomic E-state index is 0.193. The first-order valence-corrected chi connectivity index (χ1v) is 6.19. The lowest BCUT2D eigenvalue weighted by Crippen LogP contribution is -2.39. The molecule has 0 aliphatic carbocycles. The van der Waals surface area contributed by atoms with Crippen molar-refractivity contribution in [3.63, 3.8) is 0 Å². The second-order valence-electron chi connectivity index (χ2n) is 4.21. The molecule has 2 rings (SSSR count). The standard InChI is InChI=1S/C11H16N2OS/c1-8-5-13(4-3-11(8)14)6-10-7-15-9(2)12-10/h7-8H,3-6H2,1-2H3. The Labute approximate surface area is 94.1 Å². The fourth-order valence-corrected chi connectivity index (χ4v) is 2.55. The van der Waals surface area contributed by atoms with Crippen LogP contribution in [0.4, 0.5) is 0 Å². The smallest absolute Gasteiger partial charge is 0.138 e. The number of nitrogens with zero attached hydrogens (tertiary/aromatic N) is 2. The SMILES string of the molecule is Cc1nc(CN2CCC(=O)C(C)C2)cs1. The molecule has 82 valence electrons. The number of hydrogen-bond acceptors (Lipinski definition) is 4. The normalized spacial score (nSPS) is 23.3. The van der Waals surface area contributed by atoms with Gasteiger partial charge in [0.1, 0.15) is 5.78 Å². The van der Waals surface area contributed by atoms with E-state index in [-0.39, 0.29) is 5.92 Å². The van der Waals surface area contributed by atoms with Gasteiger partial charge in [0.25, 0.3) is 0 Å². The van der Waals surface area contributed by atoms with E-state index in [0.29, 0.717) is 12.2 Å². The van der Waals surface area contributed by atoms with Crippen LogP contribution >= 0.6 is 11.3 Å². The van der Waals surface area contributed by atoms with E-state index in [1.807, 2.05) is 13.8 Å². The lowest BCUT2D eigenvalue weighted by atomic mass is 9.99. The summed E-state index contributed by atoms with van der Waals surface area (Å²) in [4.78, 5) is 18.1. The maximum Gasteiger partial charge on any atom is 0.138 e. The number of aryl methyl sites for hydroxylation is 1. The lowest BCUT2D eigenvalue weighted by molar-refractivity contribution is -0.125. The fraction of sp³-hybridized carbons (Fsp3) is 0.636. The fourth-order valence-electron chi connectivity index (χ4n) is 1.95. The maximum atomic E-state index is 11.4. The summed E-state index contributed by atoms with van der Waals surface area (Å²) in [5.74, 6) is 0.596. The molecule has 1 aromatic heterocycles. The zero-order valence-electron chi connectivity index (χ0n) is 9.19. The third-order valence-corrected chi connectivity index (χ3v) is 3.63. The molecule has 0 N–H and O–H groups in total. The maximum absolute atomic E-state index is 11.4. The van der Waals surface area contributed by atoms with Gasteiger partial charge in [-0.1, -0.05) is 6.92 Å². The van der Waals surface area contributed by atoms with Crippen LogP contribution in [0.5, 0.6) is 0 Å². The van der Waals surface area contributed by atoms with Crippen molar-refractivity contribution < 1.29 is 4.79 Å². The highest BCUT2D eigenvalue weighted by Crippen LogP contribution is 2.16. The van der Waals surface area contributed by atoms with Crippen molar-refractivity contribution >= 4 is 17.1 Å². The van der Waals surface area contributed by atoms with Gasteiger partial charge in [-0.05, 0) is 6.92 Å². The zero-order valence-corrected chi connectivity index (χ0v) is 10.0. The number of rotatable bonds is 2. The molecule has 2 heterocycles. The van der Waals surface area contributed by atoms with E-state index in [1.165, 1.54) is 0 Å². The highest BCUT2D eigenvalue weighted by Gasteiger charge is 2.23. The van der Waals surface area contributed by atoms with Crippen LogP contribution in [-0.2, 0) is 11.3 Å². The summed E-state index contributed by atoms with van der Waals surface area (Å²) in [6.45, 7) is 6.70. The Morgan fingerprint density at radius 2 is 2.47 bits per heavy atom. The molecule has 0 radical (unpaired) electrons. The van der Waals surface area contributed by atoms with Crippen LogP contribution in [0.2, 0.25) is 0 Å². The van der Waals surface area contributed by atoms with Gasteiger partial charge in [0.05, 0.1) is 10.7 Å². The lowest BCUT2D eigenvalue weighted by Gasteiger charge is -2.29. The Kier molecular flexibility index (Phi) is 3.17. The van der Waals surface area contributed by atoms with Crippen LogP contribution in [0.25, 0.3) is 0 Å². The van der Waals surface area contributed by atoms with E-state index < -0.39 is 0 Å². The first-order valence-electron chi connectivity index (χ1n) is 5.31. The summed E-state index contributed by atoms with van der Waals surface area (Å²) < 4.78 is 0. The topological polar surface area (TPSA) is 33.2 Å². The molecule has 4 heteroatoms.